The van der Waals surface area contributed by atoms with Crippen LogP contribution >= 0.6 is 0 Å². The van der Waals surface area contributed by atoms with Gasteiger partial charge in [0, 0.05) is 18.0 Å². The molecule has 0 amide bonds. The molecule has 1 atom stereocenters. The molecule has 2 aromatic rings. The van der Waals surface area contributed by atoms with Gasteiger partial charge in [0.15, 0.2) is 0 Å². The van der Waals surface area contributed by atoms with Crippen LogP contribution in [0.25, 0.3) is 10.9 Å². The molecule has 4 heteroatoms. The minimum atomic E-state index is -0.467. The summed E-state index contributed by atoms with van der Waals surface area (Å²) in [7, 11) is 0. The van der Waals surface area contributed by atoms with E-state index in [2.05, 4.69) is 15.5 Å². The zero-order chi connectivity index (χ0) is 12.5. The molecule has 1 aliphatic carbocycles. The van der Waals surface area contributed by atoms with Gasteiger partial charge in [0.05, 0.1) is 17.3 Å². The first-order valence-corrected chi connectivity index (χ1v) is 6.61. The second kappa shape index (κ2) is 4.71. The van der Waals surface area contributed by atoms with Crippen LogP contribution in [-0.4, -0.2) is 27.9 Å². The van der Waals surface area contributed by atoms with Crippen LogP contribution in [0.1, 0.15) is 36.6 Å². The molecule has 1 heterocycles. The molecule has 0 radical (unpaired) electrons. The zero-order valence-corrected chi connectivity index (χ0v) is 10.6. The molecule has 1 aromatic heterocycles. The Bertz CT molecular complexity index is 545. The highest BCUT2D eigenvalue weighted by atomic mass is 16.3. The Labute approximate surface area is 106 Å². The van der Waals surface area contributed by atoms with E-state index in [1.807, 2.05) is 25.1 Å². The molecule has 18 heavy (non-hydrogen) atoms. The van der Waals surface area contributed by atoms with Gasteiger partial charge in [-0.25, -0.2) is 0 Å². The second-order valence-electron chi connectivity index (χ2n) is 5.13. The Balaban J connectivity index is 1.81. The lowest BCUT2D eigenvalue weighted by Gasteiger charge is -2.27. The van der Waals surface area contributed by atoms with E-state index >= 15 is 0 Å². The predicted molar refractivity (Wildman–Crippen MR) is 71.4 cm³/mol. The van der Waals surface area contributed by atoms with Crippen LogP contribution < -0.4 is 5.32 Å². The van der Waals surface area contributed by atoms with Gasteiger partial charge in [-0.05, 0) is 31.4 Å². The topological polar surface area (TPSA) is 60.9 Å². The Morgan fingerprint density at radius 2 is 2.33 bits per heavy atom. The Kier molecular flexibility index (Phi) is 3.06. The fourth-order valence-corrected chi connectivity index (χ4v) is 2.55. The predicted octanol–water partition coefficient (Wildman–Crippen LogP) is 2.05. The van der Waals surface area contributed by atoms with E-state index in [0.29, 0.717) is 12.6 Å². The first-order chi connectivity index (χ1) is 8.75. The number of H-pyrrole nitrogens is 1. The van der Waals surface area contributed by atoms with Gasteiger partial charge in [0.2, 0.25) is 0 Å². The van der Waals surface area contributed by atoms with Gasteiger partial charge in [-0.2, -0.15) is 5.10 Å². The van der Waals surface area contributed by atoms with Gasteiger partial charge in [0.25, 0.3) is 0 Å². The number of fused-ring (bicyclic) bond motifs is 1. The van der Waals surface area contributed by atoms with E-state index in [1.54, 1.807) is 0 Å². The molecule has 4 nitrogen and oxygen atoms in total. The number of rotatable bonds is 4. The summed E-state index contributed by atoms with van der Waals surface area (Å²) in [6, 6.07) is 6.54. The van der Waals surface area contributed by atoms with Crippen LogP contribution in [0.2, 0.25) is 0 Å². The van der Waals surface area contributed by atoms with Crippen molar-refractivity contribution in [3.63, 3.8) is 0 Å². The van der Waals surface area contributed by atoms with Crippen LogP contribution in [0.15, 0.2) is 18.2 Å². The van der Waals surface area contributed by atoms with Crippen LogP contribution in [0.3, 0.4) is 0 Å². The third-order valence-electron chi connectivity index (χ3n) is 3.87. The van der Waals surface area contributed by atoms with Crippen molar-refractivity contribution >= 4 is 10.9 Å². The normalized spacial score (nSPS) is 17.9. The molecule has 3 N–H and O–H groups in total. The van der Waals surface area contributed by atoms with Gasteiger partial charge in [-0.1, -0.05) is 18.6 Å². The van der Waals surface area contributed by atoms with E-state index in [1.165, 1.54) is 19.3 Å². The molecule has 0 aliphatic heterocycles. The number of aromatic nitrogens is 2. The maximum absolute atomic E-state index is 10.3. The van der Waals surface area contributed by atoms with Gasteiger partial charge < -0.3 is 10.4 Å². The number of hydrogen-bond donors (Lipinski definition) is 3. The fourth-order valence-electron chi connectivity index (χ4n) is 2.55. The van der Waals surface area contributed by atoms with Crippen molar-refractivity contribution in [2.24, 2.45) is 0 Å². The van der Waals surface area contributed by atoms with Crippen molar-refractivity contribution in [3.8, 4) is 0 Å². The highest BCUT2D eigenvalue weighted by molar-refractivity contribution is 5.85. The van der Waals surface area contributed by atoms with E-state index in [9.17, 15) is 5.11 Å². The van der Waals surface area contributed by atoms with Crippen molar-refractivity contribution in [2.75, 3.05) is 6.54 Å². The molecular weight excluding hydrogens is 226 g/mol. The minimum absolute atomic E-state index is 0.467. The van der Waals surface area contributed by atoms with E-state index in [-0.39, 0.29) is 0 Å². The molecule has 1 fully saturated rings. The number of nitrogens with zero attached hydrogens (tertiary/aromatic N) is 1. The zero-order valence-electron chi connectivity index (χ0n) is 10.6. The Morgan fingerprint density at radius 1 is 1.50 bits per heavy atom. The van der Waals surface area contributed by atoms with E-state index in [0.717, 1.165) is 22.2 Å². The largest absolute Gasteiger partial charge is 0.387 e. The van der Waals surface area contributed by atoms with Crippen molar-refractivity contribution in [2.45, 2.75) is 38.3 Å². The number of nitrogens with one attached hydrogen (secondary N) is 2. The average Bonchev–Trinajstić information content (AvgIpc) is 2.69. The smallest absolute Gasteiger partial charge is 0.0921 e. The van der Waals surface area contributed by atoms with Gasteiger partial charge in [-0.3, -0.25) is 5.10 Å². The van der Waals surface area contributed by atoms with Crippen LogP contribution in [0, 0.1) is 6.92 Å². The van der Waals surface area contributed by atoms with E-state index in [4.69, 9.17) is 0 Å². The number of aliphatic hydroxyl groups excluding tert-OH is 1. The fraction of sp³-hybridized carbons (Fsp3) is 0.500. The quantitative estimate of drug-likeness (QED) is 0.772. The van der Waals surface area contributed by atoms with Gasteiger partial charge in [-0.15, -0.1) is 0 Å². The lowest BCUT2D eigenvalue weighted by molar-refractivity contribution is 0.162. The summed E-state index contributed by atoms with van der Waals surface area (Å²) in [6.45, 7) is 2.59. The lowest BCUT2D eigenvalue weighted by Crippen LogP contribution is -2.37. The Hall–Kier alpha value is -1.39. The average molecular weight is 245 g/mol. The SMILES string of the molecule is Cc1n[nH]c2cccc([C@@H](O)CNC3CCC3)c12. The monoisotopic (exact) mass is 245 g/mol. The van der Waals surface area contributed by atoms with Crippen molar-refractivity contribution < 1.29 is 5.11 Å². The summed E-state index contributed by atoms with van der Waals surface area (Å²) in [5, 5.41) is 22.0. The maximum Gasteiger partial charge on any atom is 0.0921 e. The van der Waals surface area contributed by atoms with Crippen LogP contribution in [-0.2, 0) is 0 Å². The van der Waals surface area contributed by atoms with Crippen LogP contribution in [0.5, 0.6) is 0 Å². The molecule has 1 saturated carbocycles. The summed E-state index contributed by atoms with van der Waals surface area (Å²) in [5.74, 6) is 0. The standard InChI is InChI=1S/C14H19N3O/c1-9-14-11(6-3-7-12(14)17-16-9)13(18)8-15-10-4-2-5-10/h3,6-7,10,13,15,18H,2,4-5,8H2,1H3,(H,16,17)/t13-/m0/s1. The summed E-state index contributed by atoms with van der Waals surface area (Å²) >= 11 is 0. The number of hydrogen-bond acceptors (Lipinski definition) is 3. The molecule has 0 saturated heterocycles. The summed E-state index contributed by atoms with van der Waals surface area (Å²) in [5.41, 5.74) is 2.90. The highest BCUT2D eigenvalue weighted by Gasteiger charge is 2.19. The number of aryl methyl sites for hydroxylation is 1. The molecule has 0 spiro atoms. The third-order valence-corrected chi connectivity index (χ3v) is 3.87. The molecule has 0 bridgehead atoms. The van der Waals surface area contributed by atoms with Gasteiger partial charge in [0.1, 0.15) is 0 Å². The molecule has 1 aromatic carbocycles. The van der Waals surface area contributed by atoms with Crippen molar-refractivity contribution in [1.29, 1.82) is 0 Å². The van der Waals surface area contributed by atoms with Crippen molar-refractivity contribution in [3.05, 3.63) is 29.5 Å². The highest BCUT2D eigenvalue weighted by Crippen LogP contribution is 2.26. The second-order valence-corrected chi connectivity index (χ2v) is 5.13. The first-order valence-electron chi connectivity index (χ1n) is 6.61. The summed E-state index contributed by atoms with van der Waals surface area (Å²) in [4.78, 5) is 0. The molecule has 96 valence electrons. The lowest BCUT2D eigenvalue weighted by atomic mass is 9.92. The van der Waals surface area contributed by atoms with Gasteiger partial charge >= 0.3 is 0 Å². The summed E-state index contributed by atoms with van der Waals surface area (Å²) < 4.78 is 0. The first kappa shape index (κ1) is 11.7. The summed E-state index contributed by atoms with van der Waals surface area (Å²) in [6.07, 6.45) is 3.32. The van der Waals surface area contributed by atoms with Crippen LogP contribution in [0.4, 0.5) is 0 Å². The van der Waals surface area contributed by atoms with Crippen molar-refractivity contribution in [1.82, 2.24) is 15.5 Å². The van der Waals surface area contributed by atoms with E-state index < -0.39 is 6.10 Å². The number of benzene rings is 1. The Morgan fingerprint density at radius 3 is 3.06 bits per heavy atom. The molecule has 0 unspecified atom stereocenters. The number of aliphatic hydroxyl groups is 1. The maximum atomic E-state index is 10.3. The third kappa shape index (κ3) is 2.02. The minimum Gasteiger partial charge on any atom is -0.387 e. The molecular formula is C14H19N3O. The molecule has 3 rings (SSSR count). The number of aromatic amines is 1. The molecule has 1 aliphatic rings.